The number of likely N-dealkylation sites (tertiary alicyclic amines) is 1. The van der Waals surface area contributed by atoms with E-state index in [1.54, 1.807) is 13.0 Å². The molecule has 0 atom stereocenters. The Morgan fingerprint density at radius 3 is 2.59 bits per heavy atom. The lowest BCUT2D eigenvalue weighted by atomic mass is 10.2. The Balaban J connectivity index is 1.77. The van der Waals surface area contributed by atoms with Crippen molar-refractivity contribution in [1.82, 2.24) is 9.47 Å². The van der Waals surface area contributed by atoms with Gasteiger partial charge in [0.1, 0.15) is 11.5 Å². The van der Waals surface area contributed by atoms with E-state index in [1.807, 2.05) is 39.8 Å². The SMILES string of the molecule is CCC(=O)Nc1ccc2c(c1)cc(C(=O)N1CCCC1)n2Cc1cccc(F)c1. The van der Waals surface area contributed by atoms with Crippen LogP contribution in [0.15, 0.2) is 48.5 Å². The molecule has 4 rings (SSSR count). The quantitative estimate of drug-likeness (QED) is 0.698. The second-order valence-electron chi connectivity index (χ2n) is 7.42. The molecular formula is C23H24FN3O2. The van der Waals surface area contributed by atoms with Crippen molar-refractivity contribution in [2.24, 2.45) is 0 Å². The summed E-state index contributed by atoms with van der Waals surface area (Å²) >= 11 is 0. The fraction of sp³-hybridized carbons (Fsp3) is 0.304. The van der Waals surface area contributed by atoms with E-state index in [1.165, 1.54) is 12.1 Å². The lowest BCUT2D eigenvalue weighted by molar-refractivity contribution is -0.115. The van der Waals surface area contributed by atoms with E-state index in [0.29, 0.717) is 24.3 Å². The summed E-state index contributed by atoms with van der Waals surface area (Å²) in [6.45, 7) is 3.73. The van der Waals surface area contributed by atoms with Crippen LogP contribution in [-0.2, 0) is 11.3 Å². The standard InChI is InChI=1S/C23H24FN3O2/c1-2-22(28)25-19-8-9-20-17(13-19)14-21(23(29)26-10-3-4-11-26)27(20)15-16-6-5-7-18(24)12-16/h5-9,12-14H,2-4,10-11,15H2,1H3,(H,25,28). The van der Waals surface area contributed by atoms with Crippen molar-refractivity contribution < 1.29 is 14.0 Å². The predicted octanol–water partition coefficient (Wildman–Crippen LogP) is 4.41. The molecule has 6 heteroatoms. The lowest BCUT2D eigenvalue weighted by Gasteiger charge is -2.17. The van der Waals surface area contributed by atoms with Gasteiger partial charge in [0.15, 0.2) is 0 Å². The maximum atomic E-state index is 13.7. The number of hydrogen-bond donors (Lipinski definition) is 1. The predicted molar refractivity (Wildman–Crippen MR) is 111 cm³/mol. The molecule has 0 saturated carbocycles. The van der Waals surface area contributed by atoms with Crippen LogP contribution in [0.5, 0.6) is 0 Å². The number of halogens is 1. The molecule has 1 fully saturated rings. The number of rotatable bonds is 5. The number of fused-ring (bicyclic) bond motifs is 1. The third-order valence-electron chi connectivity index (χ3n) is 5.35. The van der Waals surface area contributed by atoms with Crippen molar-refractivity contribution in [1.29, 1.82) is 0 Å². The van der Waals surface area contributed by atoms with Crippen molar-refractivity contribution in [2.45, 2.75) is 32.7 Å². The number of aromatic nitrogens is 1. The number of hydrogen-bond acceptors (Lipinski definition) is 2. The van der Waals surface area contributed by atoms with Gasteiger partial charge in [0.2, 0.25) is 5.91 Å². The number of carbonyl (C=O) groups is 2. The molecule has 0 spiro atoms. The summed E-state index contributed by atoms with van der Waals surface area (Å²) < 4.78 is 15.6. The molecule has 29 heavy (non-hydrogen) atoms. The van der Waals surface area contributed by atoms with Gasteiger partial charge < -0.3 is 14.8 Å². The van der Waals surface area contributed by atoms with Crippen LogP contribution >= 0.6 is 0 Å². The van der Waals surface area contributed by atoms with Gasteiger partial charge in [-0.1, -0.05) is 19.1 Å². The average molecular weight is 393 g/mol. The topological polar surface area (TPSA) is 54.3 Å². The van der Waals surface area contributed by atoms with Crippen LogP contribution in [-0.4, -0.2) is 34.4 Å². The maximum absolute atomic E-state index is 13.7. The minimum absolute atomic E-state index is 0.00533. The molecule has 2 amide bonds. The third kappa shape index (κ3) is 4.01. The third-order valence-corrected chi connectivity index (χ3v) is 5.35. The molecule has 1 aromatic heterocycles. The van der Waals surface area contributed by atoms with Crippen molar-refractivity contribution in [3.8, 4) is 0 Å². The molecule has 1 N–H and O–H groups in total. The van der Waals surface area contributed by atoms with Crippen LogP contribution < -0.4 is 5.32 Å². The summed E-state index contributed by atoms with van der Waals surface area (Å²) in [4.78, 5) is 26.8. The van der Waals surface area contributed by atoms with Crippen LogP contribution in [0.25, 0.3) is 10.9 Å². The van der Waals surface area contributed by atoms with Crippen molar-refractivity contribution in [2.75, 3.05) is 18.4 Å². The molecule has 0 bridgehead atoms. The zero-order valence-electron chi connectivity index (χ0n) is 16.5. The van der Waals surface area contributed by atoms with Crippen LogP contribution in [0.2, 0.25) is 0 Å². The molecule has 3 aromatic rings. The normalized spacial score (nSPS) is 13.8. The Bertz CT molecular complexity index is 1070. The lowest BCUT2D eigenvalue weighted by Crippen LogP contribution is -2.29. The summed E-state index contributed by atoms with van der Waals surface area (Å²) in [6, 6.07) is 13.9. The van der Waals surface area contributed by atoms with E-state index in [0.717, 1.165) is 42.4 Å². The molecule has 0 aliphatic carbocycles. The minimum Gasteiger partial charge on any atom is -0.337 e. The Kier molecular flexibility index (Phi) is 5.34. The van der Waals surface area contributed by atoms with Gasteiger partial charge in [0.25, 0.3) is 5.91 Å². The molecule has 5 nitrogen and oxygen atoms in total. The van der Waals surface area contributed by atoms with E-state index >= 15 is 0 Å². The molecule has 2 aromatic carbocycles. The first-order chi connectivity index (χ1) is 14.0. The highest BCUT2D eigenvalue weighted by atomic mass is 19.1. The molecule has 1 aliphatic rings. The summed E-state index contributed by atoms with van der Waals surface area (Å²) in [5, 5.41) is 3.73. The largest absolute Gasteiger partial charge is 0.337 e. The number of amides is 2. The van der Waals surface area contributed by atoms with Crippen LogP contribution in [0, 0.1) is 5.82 Å². The number of nitrogens with zero attached hydrogens (tertiary/aromatic N) is 2. The molecule has 2 heterocycles. The first kappa shape index (κ1) is 19.2. The van der Waals surface area contributed by atoms with Gasteiger partial charge in [0.05, 0.1) is 0 Å². The van der Waals surface area contributed by atoms with Gasteiger partial charge in [-0.15, -0.1) is 0 Å². The van der Waals surface area contributed by atoms with E-state index in [9.17, 15) is 14.0 Å². The Hall–Kier alpha value is -3.15. The number of anilines is 1. The van der Waals surface area contributed by atoms with Gasteiger partial charge in [-0.05, 0) is 54.8 Å². The second kappa shape index (κ2) is 8.07. The number of carbonyl (C=O) groups excluding carboxylic acids is 2. The van der Waals surface area contributed by atoms with Crippen molar-refractivity contribution >= 4 is 28.4 Å². The first-order valence-corrected chi connectivity index (χ1v) is 10.0. The zero-order valence-corrected chi connectivity index (χ0v) is 16.5. The highest BCUT2D eigenvalue weighted by Crippen LogP contribution is 2.27. The van der Waals surface area contributed by atoms with Gasteiger partial charge in [0, 0.05) is 42.6 Å². The maximum Gasteiger partial charge on any atom is 0.270 e. The Morgan fingerprint density at radius 1 is 1.07 bits per heavy atom. The van der Waals surface area contributed by atoms with E-state index < -0.39 is 0 Å². The molecule has 0 radical (unpaired) electrons. The van der Waals surface area contributed by atoms with Gasteiger partial charge in [-0.25, -0.2) is 4.39 Å². The average Bonchev–Trinajstić information content (AvgIpc) is 3.36. The highest BCUT2D eigenvalue weighted by Gasteiger charge is 2.24. The van der Waals surface area contributed by atoms with Gasteiger partial charge >= 0.3 is 0 Å². The summed E-state index contributed by atoms with van der Waals surface area (Å²) in [6.07, 6.45) is 2.43. The fourth-order valence-electron chi connectivity index (χ4n) is 3.85. The number of benzene rings is 2. The van der Waals surface area contributed by atoms with Crippen molar-refractivity contribution in [3.05, 3.63) is 65.6 Å². The summed E-state index contributed by atoms with van der Waals surface area (Å²) in [5.74, 6) is -0.359. The van der Waals surface area contributed by atoms with E-state index in [2.05, 4.69) is 5.32 Å². The summed E-state index contributed by atoms with van der Waals surface area (Å²) in [5.41, 5.74) is 2.96. The van der Waals surface area contributed by atoms with Crippen LogP contribution in [0.3, 0.4) is 0 Å². The highest BCUT2D eigenvalue weighted by molar-refractivity contribution is 6.00. The molecule has 1 saturated heterocycles. The van der Waals surface area contributed by atoms with Gasteiger partial charge in [-0.2, -0.15) is 0 Å². The number of nitrogens with one attached hydrogen (secondary N) is 1. The smallest absolute Gasteiger partial charge is 0.270 e. The van der Waals surface area contributed by atoms with E-state index in [-0.39, 0.29) is 17.6 Å². The zero-order chi connectivity index (χ0) is 20.4. The summed E-state index contributed by atoms with van der Waals surface area (Å²) in [7, 11) is 0. The molecule has 1 aliphatic heterocycles. The molecule has 150 valence electrons. The molecular weight excluding hydrogens is 369 g/mol. The second-order valence-corrected chi connectivity index (χ2v) is 7.42. The first-order valence-electron chi connectivity index (χ1n) is 10.0. The van der Waals surface area contributed by atoms with E-state index in [4.69, 9.17) is 0 Å². The van der Waals surface area contributed by atoms with Gasteiger partial charge in [-0.3, -0.25) is 9.59 Å². The Morgan fingerprint density at radius 2 is 1.86 bits per heavy atom. The fourth-order valence-corrected chi connectivity index (χ4v) is 3.85. The monoisotopic (exact) mass is 393 g/mol. The van der Waals surface area contributed by atoms with Crippen LogP contribution in [0.1, 0.15) is 42.2 Å². The Labute approximate surface area is 169 Å². The molecule has 0 unspecified atom stereocenters. The minimum atomic E-state index is -0.295. The van der Waals surface area contributed by atoms with Crippen molar-refractivity contribution in [3.63, 3.8) is 0 Å². The van der Waals surface area contributed by atoms with Crippen LogP contribution in [0.4, 0.5) is 10.1 Å².